The predicted octanol–water partition coefficient (Wildman–Crippen LogP) is 4.95. The fourth-order valence-electron chi connectivity index (χ4n) is 3.86. The zero-order valence-corrected chi connectivity index (χ0v) is 19.8. The number of aryl methyl sites for hydroxylation is 1. The number of benzene rings is 3. The van der Waals surface area contributed by atoms with Crippen molar-refractivity contribution in [3.05, 3.63) is 107 Å². The number of nitrogens with one attached hydrogen (secondary N) is 1. The van der Waals surface area contributed by atoms with Crippen molar-refractivity contribution in [3.8, 4) is 0 Å². The molecule has 0 spiro atoms. The fraction of sp³-hybridized carbons (Fsp3) is 0.310. The van der Waals surface area contributed by atoms with Crippen LogP contribution in [-0.4, -0.2) is 29.3 Å². The van der Waals surface area contributed by atoms with Crippen LogP contribution in [0.4, 0.5) is 0 Å². The summed E-state index contributed by atoms with van der Waals surface area (Å²) in [6.07, 6.45) is 0.729. The third-order valence-electron chi connectivity index (χ3n) is 5.59. The Morgan fingerprint density at radius 3 is 2.03 bits per heavy atom. The summed E-state index contributed by atoms with van der Waals surface area (Å²) in [5.74, 6) is 0.168. The van der Waals surface area contributed by atoms with Crippen LogP contribution in [0.2, 0.25) is 0 Å². The van der Waals surface area contributed by atoms with Crippen molar-refractivity contribution in [2.75, 3.05) is 6.54 Å². The Labute approximate surface area is 197 Å². The largest absolute Gasteiger partial charge is 0.354 e. The van der Waals surface area contributed by atoms with Gasteiger partial charge in [0.05, 0.1) is 6.42 Å². The molecule has 1 N–H and O–H groups in total. The van der Waals surface area contributed by atoms with E-state index in [-0.39, 0.29) is 18.2 Å². The van der Waals surface area contributed by atoms with Crippen LogP contribution in [0.5, 0.6) is 0 Å². The first kappa shape index (κ1) is 24.2. The van der Waals surface area contributed by atoms with Crippen molar-refractivity contribution in [1.82, 2.24) is 10.2 Å². The maximum atomic E-state index is 13.6. The molecule has 2 amide bonds. The third kappa shape index (κ3) is 7.60. The van der Waals surface area contributed by atoms with Gasteiger partial charge in [-0.1, -0.05) is 104 Å². The van der Waals surface area contributed by atoms with Gasteiger partial charge in [-0.25, -0.2) is 0 Å². The number of amides is 2. The number of carbonyl (C=O) groups excluding carboxylic acids is 2. The Balaban J connectivity index is 1.94. The summed E-state index contributed by atoms with van der Waals surface area (Å²) in [5.41, 5.74) is 4.12. The molecule has 1 atom stereocenters. The SMILES string of the molecule is Cc1cccc(CN(C(=O)Cc2ccccc2)[C@H](Cc2ccccc2)C(=O)NCC(C)C)c1. The molecule has 0 aliphatic heterocycles. The quantitative estimate of drug-likeness (QED) is 0.483. The van der Waals surface area contributed by atoms with Crippen LogP contribution in [0.1, 0.15) is 36.1 Å². The van der Waals surface area contributed by atoms with Gasteiger partial charge in [-0.05, 0) is 29.5 Å². The van der Waals surface area contributed by atoms with E-state index < -0.39 is 6.04 Å². The lowest BCUT2D eigenvalue weighted by Gasteiger charge is -2.32. The van der Waals surface area contributed by atoms with E-state index in [0.29, 0.717) is 25.4 Å². The van der Waals surface area contributed by atoms with Gasteiger partial charge in [0.2, 0.25) is 11.8 Å². The molecule has 0 heterocycles. The van der Waals surface area contributed by atoms with E-state index in [1.807, 2.05) is 85.8 Å². The Hall–Kier alpha value is -3.40. The molecule has 0 aliphatic rings. The Morgan fingerprint density at radius 2 is 1.42 bits per heavy atom. The second-order valence-electron chi connectivity index (χ2n) is 9.02. The molecule has 0 aliphatic carbocycles. The molecule has 4 heteroatoms. The number of carbonyl (C=O) groups is 2. The molecule has 0 bridgehead atoms. The Bertz CT molecular complexity index is 1030. The average Bonchev–Trinajstić information content (AvgIpc) is 2.81. The van der Waals surface area contributed by atoms with Gasteiger partial charge in [0.15, 0.2) is 0 Å². The first-order chi connectivity index (χ1) is 15.9. The molecule has 3 rings (SSSR count). The smallest absolute Gasteiger partial charge is 0.243 e. The highest BCUT2D eigenvalue weighted by Gasteiger charge is 2.30. The van der Waals surface area contributed by atoms with Crippen molar-refractivity contribution < 1.29 is 9.59 Å². The van der Waals surface area contributed by atoms with E-state index in [9.17, 15) is 9.59 Å². The van der Waals surface area contributed by atoms with Crippen LogP contribution < -0.4 is 5.32 Å². The first-order valence-corrected chi connectivity index (χ1v) is 11.6. The second-order valence-corrected chi connectivity index (χ2v) is 9.02. The highest BCUT2D eigenvalue weighted by atomic mass is 16.2. The number of hydrogen-bond acceptors (Lipinski definition) is 2. The maximum absolute atomic E-state index is 13.6. The molecule has 0 saturated carbocycles. The van der Waals surface area contributed by atoms with Gasteiger partial charge in [-0.15, -0.1) is 0 Å². The first-order valence-electron chi connectivity index (χ1n) is 11.6. The van der Waals surface area contributed by atoms with Crippen LogP contribution in [-0.2, 0) is 29.0 Å². The molecule has 0 saturated heterocycles. The van der Waals surface area contributed by atoms with Crippen molar-refractivity contribution >= 4 is 11.8 Å². The Morgan fingerprint density at radius 1 is 0.818 bits per heavy atom. The lowest BCUT2D eigenvalue weighted by molar-refractivity contribution is -0.140. The normalized spacial score (nSPS) is 11.8. The summed E-state index contributed by atoms with van der Waals surface area (Å²) in [4.78, 5) is 28.8. The molecule has 0 fully saturated rings. The maximum Gasteiger partial charge on any atom is 0.243 e. The predicted molar refractivity (Wildman–Crippen MR) is 134 cm³/mol. The topological polar surface area (TPSA) is 49.4 Å². The molecule has 3 aromatic rings. The summed E-state index contributed by atoms with van der Waals surface area (Å²) in [6.45, 7) is 7.14. The standard InChI is InChI=1S/C29H34N2O2/c1-22(2)20-30-29(33)27(18-24-12-6-4-7-13-24)31(21-26-16-10-11-23(3)17-26)28(32)19-25-14-8-5-9-15-25/h4-17,22,27H,18-21H2,1-3H3,(H,30,33)/t27-/m1/s1. The summed E-state index contributed by atoms with van der Waals surface area (Å²) in [5, 5.41) is 3.07. The monoisotopic (exact) mass is 442 g/mol. The van der Waals surface area contributed by atoms with Crippen LogP contribution in [0.3, 0.4) is 0 Å². The van der Waals surface area contributed by atoms with Crippen molar-refractivity contribution in [1.29, 1.82) is 0 Å². The zero-order chi connectivity index (χ0) is 23.6. The lowest BCUT2D eigenvalue weighted by Crippen LogP contribution is -2.51. The van der Waals surface area contributed by atoms with Crippen LogP contribution in [0.25, 0.3) is 0 Å². The van der Waals surface area contributed by atoms with Gasteiger partial charge in [0.25, 0.3) is 0 Å². The number of nitrogens with zero attached hydrogens (tertiary/aromatic N) is 1. The van der Waals surface area contributed by atoms with Gasteiger partial charge in [0.1, 0.15) is 6.04 Å². The molecule has 172 valence electrons. The molecule has 0 unspecified atom stereocenters. The summed E-state index contributed by atoms with van der Waals surface area (Å²) in [7, 11) is 0. The highest BCUT2D eigenvalue weighted by Crippen LogP contribution is 2.17. The minimum absolute atomic E-state index is 0.0525. The number of hydrogen-bond donors (Lipinski definition) is 1. The molecule has 0 aromatic heterocycles. The van der Waals surface area contributed by atoms with E-state index in [4.69, 9.17) is 0 Å². The van der Waals surface area contributed by atoms with Gasteiger partial charge in [-0.2, -0.15) is 0 Å². The zero-order valence-electron chi connectivity index (χ0n) is 19.8. The van der Waals surface area contributed by atoms with Gasteiger partial charge in [0, 0.05) is 19.5 Å². The third-order valence-corrected chi connectivity index (χ3v) is 5.59. The van der Waals surface area contributed by atoms with Crippen molar-refractivity contribution in [2.45, 2.75) is 46.2 Å². The molecular weight excluding hydrogens is 408 g/mol. The number of rotatable bonds is 10. The van der Waals surface area contributed by atoms with E-state index in [1.54, 1.807) is 4.90 Å². The molecule has 0 radical (unpaired) electrons. The second kappa shape index (κ2) is 12.0. The minimum atomic E-state index is -0.595. The van der Waals surface area contributed by atoms with E-state index in [1.165, 1.54) is 0 Å². The lowest BCUT2D eigenvalue weighted by atomic mass is 10.0. The van der Waals surface area contributed by atoms with Crippen LogP contribution in [0, 0.1) is 12.8 Å². The molecular formula is C29H34N2O2. The van der Waals surface area contributed by atoms with E-state index in [2.05, 4.69) is 25.2 Å². The minimum Gasteiger partial charge on any atom is -0.354 e. The average molecular weight is 443 g/mol. The molecule has 33 heavy (non-hydrogen) atoms. The summed E-state index contributed by atoms with van der Waals surface area (Å²) >= 11 is 0. The van der Waals surface area contributed by atoms with E-state index in [0.717, 1.165) is 22.3 Å². The molecule has 4 nitrogen and oxygen atoms in total. The fourth-order valence-corrected chi connectivity index (χ4v) is 3.86. The summed E-state index contributed by atoms with van der Waals surface area (Å²) in [6, 6.07) is 27.2. The van der Waals surface area contributed by atoms with Gasteiger partial charge < -0.3 is 10.2 Å². The molecule has 3 aromatic carbocycles. The highest BCUT2D eigenvalue weighted by molar-refractivity contribution is 5.88. The Kier molecular flexibility index (Phi) is 8.82. The van der Waals surface area contributed by atoms with Crippen LogP contribution in [0.15, 0.2) is 84.9 Å². The van der Waals surface area contributed by atoms with Gasteiger partial charge >= 0.3 is 0 Å². The van der Waals surface area contributed by atoms with E-state index >= 15 is 0 Å². The van der Waals surface area contributed by atoms with Crippen LogP contribution >= 0.6 is 0 Å². The van der Waals surface area contributed by atoms with Gasteiger partial charge in [-0.3, -0.25) is 9.59 Å². The van der Waals surface area contributed by atoms with Crippen molar-refractivity contribution in [2.24, 2.45) is 5.92 Å². The van der Waals surface area contributed by atoms with Crippen molar-refractivity contribution in [3.63, 3.8) is 0 Å². The summed E-state index contributed by atoms with van der Waals surface area (Å²) < 4.78 is 0.